The lowest BCUT2D eigenvalue weighted by Gasteiger charge is -2.08. The number of hydrogen-bond donors (Lipinski definition) is 1. The highest BCUT2D eigenvalue weighted by atomic mass is 79.9. The standard InChI is InChI=1S/C13H15BrClN3OS/c1-3-18-11(13(14)8(2)17-18)7-20(19)12-5-4-9(15)6-10(12)16/h4-6H,3,7,16H2,1-2H3. The zero-order valence-electron chi connectivity index (χ0n) is 11.2. The lowest BCUT2D eigenvalue weighted by molar-refractivity contribution is 0.626. The first-order valence-electron chi connectivity index (χ1n) is 6.09. The molecule has 1 atom stereocenters. The van der Waals surface area contributed by atoms with E-state index in [1.807, 2.05) is 18.5 Å². The van der Waals surface area contributed by atoms with Crippen molar-refractivity contribution in [3.8, 4) is 0 Å². The number of rotatable bonds is 4. The molecule has 0 bridgehead atoms. The fraction of sp³-hybridized carbons (Fsp3) is 0.308. The zero-order valence-corrected chi connectivity index (χ0v) is 14.3. The largest absolute Gasteiger partial charge is 0.398 e. The van der Waals surface area contributed by atoms with Crippen molar-refractivity contribution < 1.29 is 4.21 Å². The Labute approximate surface area is 133 Å². The van der Waals surface area contributed by atoms with Crippen molar-refractivity contribution in [3.05, 3.63) is 39.1 Å². The average molecular weight is 377 g/mol. The van der Waals surface area contributed by atoms with Crippen LogP contribution in [-0.2, 0) is 23.1 Å². The van der Waals surface area contributed by atoms with Gasteiger partial charge in [-0.05, 0) is 48.0 Å². The van der Waals surface area contributed by atoms with E-state index < -0.39 is 10.8 Å². The molecule has 1 aromatic carbocycles. The first-order chi connectivity index (χ1) is 9.43. The van der Waals surface area contributed by atoms with Gasteiger partial charge in [0.15, 0.2) is 0 Å². The van der Waals surface area contributed by atoms with Crippen molar-refractivity contribution >= 4 is 44.0 Å². The Bertz CT molecular complexity index is 672. The molecule has 0 saturated heterocycles. The summed E-state index contributed by atoms with van der Waals surface area (Å²) in [6, 6.07) is 5.02. The summed E-state index contributed by atoms with van der Waals surface area (Å²) in [6.07, 6.45) is 0. The topological polar surface area (TPSA) is 60.9 Å². The van der Waals surface area contributed by atoms with Gasteiger partial charge in [0.05, 0.1) is 37.3 Å². The number of hydrogen-bond acceptors (Lipinski definition) is 3. The molecule has 2 aromatic rings. The van der Waals surface area contributed by atoms with E-state index in [9.17, 15) is 4.21 Å². The van der Waals surface area contributed by atoms with Gasteiger partial charge in [0, 0.05) is 17.3 Å². The third-order valence-corrected chi connectivity index (χ3v) is 5.60. The summed E-state index contributed by atoms with van der Waals surface area (Å²) in [6.45, 7) is 4.65. The summed E-state index contributed by atoms with van der Waals surface area (Å²) in [7, 11) is -1.24. The summed E-state index contributed by atoms with van der Waals surface area (Å²) in [5.74, 6) is 0.362. The fourth-order valence-corrected chi connectivity index (χ4v) is 3.96. The van der Waals surface area contributed by atoms with E-state index in [1.54, 1.807) is 18.2 Å². The van der Waals surface area contributed by atoms with Crippen molar-refractivity contribution in [2.75, 3.05) is 5.73 Å². The van der Waals surface area contributed by atoms with Gasteiger partial charge in [0.1, 0.15) is 0 Å². The van der Waals surface area contributed by atoms with E-state index in [0.717, 1.165) is 22.4 Å². The molecule has 0 aliphatic heterocycles. The normalized spacial score (nSPS) is 12.6. The number of anilines is 1. The minimum Gasteiger partial charge on any atom is -0.398 e. The fourth-order valence-electron chi connectivity index (χ4n) is 1.94. The van der Waals surface area contributed by atoms with Gasteiger partial charge in [0.2, 0.25) is 0 Å². The van der Waals surface area contributed by atoms with Crippen LogP contribution < -0.4 is 5.73 Å². The summed E-state index contributed by atoms with van der Waals surface area (Å²) >= 11 is 9.36. The average Bonchev–Trinajstić information content (AvgIpc) is 2.66. The van der Waals surface area contributed by atoms with Crippen LogP contribution in [0.15, 0.2) is 27.6 Å². The molecule has 0 aliphatic carbocycles. The highest BCUT2D eigenvalue weighted by Crippen LogP contribution is 2.27. The Balaban J connectivity index is 2.32. The molecular weight excluding hydrogens is 362 g/mol. The first kappa shape index (κ1) is 15.5. The van der Waals surface area contributed by atoms with Crippen LogP contribution in [0.3, 0.4) is 0 Å². The number of benzene rings is 1. The van der Waals surface area contributed by atoms with Crippen molar-refractivity contribution in [1.29, 1.82) is 0 Å². The van der Waals surface area contributed by atoms with E-state index >= 15 is 0 Å². The van der Waals surface area contributed by atoms with Crippen molar-refractivity contribution in [1.82, 2.24) is 9.78 Å². The second kappa shape index (κ2) is 6.28. The number of halogens is 2. The molecule has 20 heavy (non-hydrogen) atoms. The third-order valence-electron chi connectivity index (χ3n) is 2.94. The van der Waals surface area contributed by atoms with E-state index in [2.05, 4.69) is 21.0 Å². The molecule has 1 unspecified atom stereocenters. The van der Waals surface area contributed by atoms with E-state index in [0.29, 0.717) is 21.4 Å². The summed E-state index contributed by atoms with van der Waals surface area (Å²) in [4.78, 5) is 0.600. The monoisotopic (exact) mass is 375 g/mol. The predicted octanol–water partition coefficient (Wildman–Crippen LogP) is 3.52. The van der Waals surface area contributed by atoms with Gasteiger partial charge in [-0.25, -0.2) is 0 Å². The quantitative estimate of drug-likeness (QED) is 0.831. The molecule has 7 heteroatoms. The zero-order chi connectivity index (χ0) is 14.9. The second-order valence-electron chi connectivity index (χ2n) is 4.33. The Hall–Kier alpha value is -0.850. The number of nitrogen functional groups attached to an aromatic ring is 1. The molecule has 0 fully saturated rings. The molecule has 108 valence electrons. The lowest BCUT2D eigenvalue weighted by Crippen LogP contribution is -2.07. The number of aryl methyl sites for hydroxylation is 2. The van der Waals surface area contributed by atoms with Crippen molar-refractivity contribution in [3.63, 3.8) is 0 Å². The SMILES string of the molecule is CCn1nc(C)c(Br)c1CS(=O)c1ccc(Cl)cc1N. The van der Waals surface area contributed by atoms with Gasteiger partial charge < -0.3 is 5.73 Å². The van der Waals surface area contributed by atoms with Crippen LogP contribution in [0.1, 0.15) is 18.3 Å². The Kier molecular flexibility index (Phi) is 4.88. The Morgan fingerprint density at radius 2 is 2.20 bits per heavy atom. The minimum atomic E-state index is -1.24. The number of aromatic nitrogens is 2. The summed E-state index contributed by atoms with van der Waals surface area (Å²) in [5.41, 5.74) is 8.13. The predicted molar refractivity (Wildman–Crippen MR) is 86.3 cm³/mol. The van der Waals surface area contributed by atoms with Gasteiger partial charge in [-0.3, -0.25) is 8.89 Å². The molecule has 0 saturated carbocycles. The van der Waals surface area contributed by atoms with Crippen LogP contribution in [0.2, 0.25) is 5.02 Å². The molecule has 0 spiro atoms. The summed E-state index contributed by atoms with van der Waals surface area (Å²) < 4.78 is 15.3. The van der Waals surface area contributed by atoms with Crippen molar-refractivity contribution in [2.24, 2.45) is 0 Å². The molecule has 4 nitrogen and oxygen atoms in total. The Morgan fingerprint density at radius 1 is 1.50 bits per heavy atom. The van der Waals surface area contributed by atoms with E-state index in [4.69, 9.17) is 17.3 Å². The lowest BCUT2D eigenvalue weighted by atomic mass is 10.3. The molecular formula is C13H15BrClN3OS. The third kappa shape index (κ3) is 3.07. The molecule has 1 aromatic heterocycles. The van der Waals surface area contributed by atoms with Gasteiger partial charge >= 0.3 is 0 Å². The first-order valence-corrected chi connectivity index (χ1v) is 8.58. The smallest absolute Gasteiger partial charge is 0.0739 e. The van der Waals surface area contributed by atoms with Crippen LogP contribution in [0, 0.1) is 6.92 Å². The molecule has 0 radical (unpaired) electrons. The van der Waals surface area contributed by atoms with Crippen LogP contribution in [0.25, 0.3) is 0 Å². The van der Waals surface area contributed by atoms with Crippen LogP contribution in [-0.4, -0.2) is 14.0 Å². The number of nitrogens with zero attached hydrogens (tertiary/aromatic N) is 2. The Morgan fingerprint density at radius 3 is 2.80 bits per heavy atom. The molecule has 2 N–H and O–H groups in total. The highest BCUT2D eigenvalue weighted by molar-refractivity contribution is 9.10. The number of nitrogens with two attached hydrogens (primary N) is 1. The van der Waals surface area contributed by atoms with Crippen LogP contribution in [0.4, 0.5) is 5.69 Å². The molecule has 2 rings (SSSR count). The van der Waals surface area contributed by atoms with Gasteiger partial charge in [-0.1, -0.05) is 11.6 Å². The van der Waals surface area contributed by atoms with Crippen molar-refractivity contribution in [2.45, 2.75) is 31.0 Å². The molecule has 0 aliphatic rings. The maximum absolute atomic E-state index is 12.5. The van der Waals surface area contributed by atoms with E-state index in [-0.39, 0.29) is 0 Å². The van der Waals surface area contributed by atoms with Gasteiger partial charge in [0.25, 0.3) is 0 Å². The maximum atomic E-state index is 12.5. The molecule has 0 amide bonds. The molecule has 1 heterocycles. The highest BCUT2D eigenvalue weighted by Gasteiger charge is 2.17. The summed E-state index contributed by atoms with van der Waals surface area (Å²) in [5, 5.41) is 4.94. The maximum Gasteiger partial charge on any atom is 0.0739 e. The van der Waals surface area contributed by atoms with Crippen LogP contribution in [0.5, 0.6) is 0 Å². The minimum absolute atomic E-state index is 0.362. The second-order valence-corrected chi connectivity index (χ2v) is 6.98. The van der Waals surface area contributed by atoms with Crippen LogP contribution >= 0.6 is 27.5 Å². The van der Waals surface area contributed by atoms with Gasteiger partial charge in [-0.2, -0.15) is 5.10 Å². The van der Waals surface area contributed by atoms with Gasteiger partial charge in [-0.15, -0.1) is 0 Å². The van der Waals surface area contributed by atoms with E-state index in [1.165, 1.54) is 0 Å².